The maximum atomic E-state index is 11.4. The van der Waals surface area contributed by atoms with Gasteiger partial charge in [-0.2, -0.15) is 19.6 Å². The highest BCUT2D eigenvalue weighted by atomic mass is 16.4. The van der Waals surface area contributed by atoms with Crippen LogP contribution in [-0.2, 0) is 6.54 Å². The van der Waals surface area contributed by atoms with Crippen LogP contribution in [0.25, 0.3) is 11.7 Å². The molecule has 0 amide bonds. The number of carbonyl (C=O) groups is 1. The van der Waals surface area contributed by atoms with E-state index in [2.05, 4.69) is 35.3 Å². The number of anilines is 1. The number of aromatic carboxylic acids is 1. The third-order valence-electron chi connectivity index (χ3n) is 4.88. The summed E-state index contributed by atoms with van der Waals surface area (Å²) in [4.78, 5) is 41.0. The zero-order valence-electron chi connectivity index (χ0n) is 16.6. The molecule has 0 spiro atoms. The van der Waals surface area contributed by atoms with Crippen LogP contribution in [0.5, 0.6) is 5.88 Å². The molecule has 1 aliphatic rings. The molecule has 162 valence electrons. The molecule has 0 saturated heterocycles. The lowest BCUT2D eigenvalue weighted by Crippen LogP contribution is -2.24. The molecule has 0 bridgehead atoms. The van der Waals surface area contributed by atoms with Crippen molar-refractivity contribution in [1.29, 1.82) is 0 Å². The average Bonchev–Trinajstić information content (AvgIpc) is 3.41. The number of carboxylic acid groups (broad SMARTS) is 1. The second-order valence-corrected chi connectivity index (χ2v) is 7.39. The van der Waals surface area contributed by atoms with E-state index in [1.807, 2.05) is 0 Å². The number of aromatic nitrogens is 6. The maximum Gasteiger partial charge on any atom is 0.335 e. The normalized spacial score (nSPS) is 14.9. The Balaban J connectivity index is 1.56. The molecule has 0 radical (unpaired) electrons. The van der Waals surface area contributed by atoms with E-state index in [4.69, 9.17) is 0 Å². The molecule has 12 heteroatoms. The molecule has 12 nitrogen and oxygen atoms in total. The molecule has 1 aromatic carbocycles. The first-order valence-corrected chi connectivity index (χ1v) is 9.85. The zero-order chi connectivity index (χ0) is 22.2. The molecule has 0 aliphatic heterocycles. The fourth-order valence-electron chi connectivity index (χ4n) is 3.15. The summed E-state index contributed by atoms with van der Waals surface area (Å²) < 4.78 is 1.50. The van der Waals surface area contributed by atoms with Gasteiger partial charge in [0, 0.05) is 11.8 Å². The van der Waals surface area contributed by atoms with Gasteiger partial charge >= 0.3 is 11.7 Å². The molecule has 0 atom stereocenters. The number of hydrogen-bond acceptors (Lipinski definition) is 8. The molecular formula is C20H18N8O4. The summed E-state index contributed by atoms with van der Waals surface area (Å²) in [6.45, 7) is 0.305. The number of H-pyrrole nitrogens is 2. The van der Waals surface area contributed by atoms with Crippen molar-refractivity contribution >= 4 is 23.6 Å². The number of benzene rings is 1. The Bertz CT molecular complexity index is 1510. The van der Waals surface area contributed by atoms with Crippen molar-refractivity contribution in [3.8, 4) is 5.88 Å². The molecule has 0 unspecified atom stereocenters. The summed E-state index contributed by atoms with van der Waals surface area (Å²) in [6, 6.07) is 6.76. The van der Waals surface area contributed by atoms with Crippen LogP contribution >= 0.6 is 0 Å². The largest absolute Gasteiger partial charge is 0.493 e. The smallest absolute Gasteiger partial charge is 0.335 e. The number of aromatic hydroxyl groups is 1. The molecule has 1 fully saturated rings. The van der Waals surface area contributed by atoms with Crippen LogP contribution in [0, 0.1) is 0 Å². The third-order valence-corrected chi connectivity index (χ3v) is 4.88. The van der Waals surface area contributed by atoms with E-state index in [0.29, 0.717) is 29.0 Å². The van der Waals surface area contributed by atoms with Crippen molar-refractivity contribution in [1.82, 2.24) is 29.5 Å². The minimum absolute atomic E-state index is 0.190. The Hall–Kier alpha value is -4.48. The predicted octanol–water partition coefficient (Wildman–Crippen LogP) is -0.233. The number of nitrogens with zero attached hydrogens (tertiary/aromatic N) is 5. The molecule has 1 saturated carbocycles. The summed E-state index contributed by atoms with van der Waals surface area (Å²) in [5.74, 6) is -0.997. The van der Waals surface area contributed by atoms with Gasteiger partial charge in [0.05, 0.1) is 17.8 Å². The number of rotatable bonds is 6. The fraction of sp³-hybridized carbons (Fsp3) is 0.200. The Labute approximate surface area is 179 Å². The highest BCUT2D eigenvalue weighted by Gasteiger charge is 2.21. The van der Waals surface area contributed by atoms with Gasteiger partial charge in [-0.1, -0.05) is 12.1 Å². The van der Waals surface area contributed by atoms with E-state index in [1.54, 1.807) is 30.5 Å². The van der Waals surface area contributed by atoms with E-state index in [9.17, 15) is 19.8 Å². The number of imidazole rings is 1. The number of hydrogen-bond donors (Lipinski definition) is 5. The Morgan fingerprint density at radius 2 is 2.16 bits per heavy atom. The topological polar surface area (TPSA) is 174 Å². The Kier molecular flexibility index (Phi) is 4.66. The van der Waals surface area contributed by atoms with Crippen LogP contribution < -0.4 is 21.8 Å². The van der Waals surface area contributed by atoms with Gasteiger partial charge in [0.1, 0.15) is 5.69 Å². The minimum atomic E-state index is -1.000. The van der Waals surface area contributed by atoms with Crippen molar-refractivity contribution in [2.45, 2.75) is 25.4 Å². The van der Waals surface area contributed by atoms with E-state index in [0.717, 1.165) is 18.4 Å². The monoisotopic (exact) mass is 434 g/mol. The van der Waals surface area contributed by atoms with Crippen LogP contribution in [0.3, 0.4) is 0 Å². The second kappa shape index (κ2) is 7.65. The van der Waals surface area contributed by atoms with E-state index >= 15 is 0 Å². The van der Waals surface area contributed by atoms with Crippen molar-refractivity contribution < 1.29 is 15.0 Å². The molecule has 1 aliphatic carbocycles. The molecule has 4 aromatic rings. The lowest BCUT2D eigenvalue weighted by Gasteiger charge is -2.06. The van der Waals surface area contributed by atoms with Gasteiger partial charge in [0.25, 0.3) is 5.62 Å². The lowest BCUT2D eigenvalue weighted by molar-refractivity contribution is 0.0696. The molecule has 3 heterocycles. The van der Waals surface area contributed by atoms with Crippen molar-refractivity contribution in [3.05, 3.63) is 68.6 Å². The second-order valence-electron chi connectivity index (χ2n) is 7.39. The standard InChI is InChI=1S/C20H18N8O4/c29-16-14(24-20(32)26-16)7-12-9-22-28-15(12)25-18(27-19(28)23-13-4-5-13)21-8-10-2-1-3-11(6-10)17(30)31/h1-3,6-7,9,13,29H,4-5,8H2,(H,30,31)(H,21,23,27)(H2,24,26,32). The first kappa shape index (κ1) is 19.5. The van der Waals surface area contributed by atoms with E-state index in [1.165, 1.54) is 10.6 Å². The molecule has 32 heavy (non-hydrogen) atoms. The molecule has 5 rings (SSSR count). The summed E-state index contributed by atoms with van der Waals surface area (Å²) >= 11 is 0. The third kappa shape index (κ3) is 3.93. The van der Waals surface area contributed by atoms with Gasteiger partial charge in [0.15, 0.2) is 5.65 Å². The predicted molar refractivity (Wildman–Crippen MR) is 112 cm³/mol. The number of nitrogens with one attached hydrogen (secondary N) is 3. The number of fused-ring (bicyclic) bond motifs is 1. The van der Waals surface area contributed by atoms with Crippen molar-refractivity contribution in [3.63, 3.8) is 0 Å². The maximum absolute atomic E-state index is 11.4. The van der Waals surface area contributed by atoms with E-state index < -0.39 is 11.7 Å². The van der Waals surface area contributed by atoms with Crippen LogP contribution in [0.1, 0.15) is 34.5 Å². The SMILES string of the molecule is O=C(O)c1cccc(CNc2nc(=NC3CC3)n3ncc(=Cc4[nH]c(=O)[nH]c4O)c3n2)c1. The quantitative estimate of drug-likeness (QED) is 0.277. The summed E-state index contributed by atoms with van der Waals surface area (Å²) in [6.07, 6.45) is 5.05. The number of aromatic amines is 2. The summed E-state index contributed by atoms with van der Waals surface area (Å²) in [5.41, 5.74) is 1.43. The highest BCUT2D eigenvalue weighted by Crippen LogP contribution is 2.22. The average molecular weight is 434 g/mol. The van der Waals surface area contributed by atoms with Gasteiger partial charge in [0.2, 0.25) is 11.8 Å². The highest BCUT2D eigenvalue weighted by molar-refractivity contribution is 5.87. The molecule has 5 N–H and O–H groups in total. The fourth-order valence-corrected chi connectivity index (χ4v) is 3.15. The van der Waals surface area contributed by atoms with Crippen molar-refractivity contribution in [2.75, 3.05) is 5.32 Å². The van der Waals surface area contributed by atoms with Gasteiger partial charge in [-0.05, 0) is 36.6 Å². The first-order chi connectivity index (χ1) is 15.5. The zero-order valence-corrected chi connectivity index (χ0v) is 16.6. The summed E-state index contributed by atoms with van der Waals surface area (Å²) in [5, 5.41) is 27.0. The summed E-state index contributed by atoms with van der Waals surface area (Å²) in [7, 11) is 0. The van der Waals surface area contributed by atoms with Gasteiger partial charge in [-0.3, -0.25) is 4.98 Å². The lowest BCUT2D eigenvalue weighted by atomic mass is 10.1. The van der Waals surface area contributed by atoms with Crippen molar-refractivity contribution in [2.24, 2.45) is 4.99 Å². The van der Waals surface area contributed by atoms with Crippen LogP contribution in [0.4, 0.5) is 5.95 Å². The Morgan fingerprint density at radius 3 is 2.88 bits per heavy atom. The molecular weight excluding hydrogens is 416 g/mol. The van der Waals surface area contributed by atoms with Gasteiger partial charge in [-0.15, -0.1) is 0 Å². The van der Waals surface area contributed by atoms with Gasteiger partial charge < -0.3 is 20.5 Å². The molecule has 3 aromatic heterocycles. The van der Waals surface area contributed by atoms with Crippen LogP contribution in [0.15, 0.2) is 40.2 Å². The first-order valence-electron chi connectivity index (χ1n) is 9.85. The minimum Gasteiger partial charge on any atom is -0.493 e. The van der Waals surface area contributed by atoms with Gasteiger partial charge in [-0.25, -0.2) is 14.6 Å². The van der Waals surface area contributed by atoms with E-state index in [-0.39, 0.29) is 23.2 Å². The van der Waals surface area contributed by atoms with Crippen LogP contribution in [-0.4, -0.2) is 51.8 Å². The number of carboxylic acids is 1. The Morgan fingerprint density at radius 1 is 1.31 bits per heavy atom. The van der Waals surface area contributed by atoms with Crippen LogP contribution in [0.2, 0.25) is 0 Å².